The minimum absolute atomic E-state index is 1.11. The second kappa shape index (κ2) is 19.0. The average molecular weight is 1010 g/mol. The number of fused-ring (bicyclic) bond motifs is 6. The molecule has 14 aromatic rings. The Labute approximate surface area is 447 Å². The zero-order valence-corrected chi connectivity index (χ0v) is 43.4. The van der Waals surface area contributed by atoms with Crippen LogP contribution < -0.4 is 0 Å². The van der Waals surface area contributed by atoms with Crippen LogP contribution in [0.15, 0.2) is 355 Å². The summed E-state index contributed by atoms with van der Waals surface area (Å²) in [6.45, 7) is 0. The summed E-state index contributed by atoms with van der Waals surface area (Å²) in [6, 6.07) is 118. The van der Waals surface area contributed by atoms with Crippen LogP contribution in [0.25, 0.3) is 66.1 Å². The van der Waals surface area contributed by atoms with Crippen LogP contribution >= 0.6 is 20.1 Å². The van der Waals surface area contributed by atoms with E-state index in [4.69, 9.17) is 0 Å². The van der Waals surface area contributed by atoms with Crippen molar-refractivity contribution in [2.75, 3.05) is 0 Å². The van der Waals surface area contributed by atoms with E-state index in [2.05, 4.69) is 325 Å². The van der Waals surface area contributed by atoms with Crippen LogP contribution in [-0.4, -0.2) is 9.13 Å². The lowest BCUT2D eigenvalue weighted by Crippen LogP contribution is -2.05. The summed E-state index contributed by atoms with van der Waals surface area (Å²) in [7, 11) is -4.06. The van der Waals surface area contributed by atoms with E-state index >= 15 is 0 Å². The fourth-order valence-corrected chi connectivity index (χ4v) is 19.9. The Hall–Kier alpha value is -9.06. The first-order valence-electron chi connectivity index (χ1n) is 26.0. The molecule has 0 bridgehead atoms. The fourth-order valence-electron chi connectivity index (χ4n) is 11.9. The molecule has 0 fully saturated rings. The summed E-state index contributed by atoms with van der Waals surface area (Å²) < 4.78 is 5.03. The van der Waals surface area contributed by atoms with E-state index < -0.39 is 20.1 Å². The van der Waals surface area contributed by atoms with Gasteiger partial charge in [-0.2, -0.15) is 0 Å². The van der Waals surface area contributed by atoms with Crippen molar-refractivity contribution < 1.29 is 0 Å². The van der Waals surface area contributed by atoms with Crippen molar-refractivity contribution in [3.8, 4) is 22.5 Å². The monoisotopic (exact) mass is 1010 g/mol. The van der Waals surface area contributed by atoms with Gasteiger partial charge in [0.2, 0.25) is 0 Å². The summed E-state index contributed by atoms with van der Waals surface area (Å²) in [4.78, 5) is 10.4. The highest BCUT2D eigenvalue weighted by molar-refractivity contribution is 8.34. The molecular weight excluding hydrogens is 957 g/mol. The van der Waals surface area contributed by atoms with Gasteiger partial charge in [0.15, 0.2) is 0 Å². The van der Waals surface area contributed by atoms with E-state index in [1.807, 2.05) is 0 Å². The van der Waals surface area contributed by atoms with Gasteiger partial charge in [-0.3, -0.25) is 0 Å². The van der Waals surface area contributed by atoms with Gasteiger partial charge in [0.1, 0.15) is 0 Å². The first kappa shape index (κ1) is 45.5. The van der Waals surface area contributed by atoms with Gasteiger partial charge in [0, 0.05) is 72.1 Å². The molecule has 2 heterocycles. The summed E-state index contributed by atoms with van der Waals surface area (Å²) >= 11 is 0. The Morgan fingerprint density at radius 1 is 0.211 bits per heavy atom. The van der Waals surface area contributed by atoms with Crippen LogP contribution in [0.3, 0.4) is 0 Å². The molecule has 0 aliphatic rings. The molecule has 2 nitrogen and oxygen atoms in total. The fraction of sp³-hybridized carbons (Fsp3) is 0. The molecule has 4 heteroatoms. The largest absolute Gasteiger partial charge is 0.309 e. The Bertz CT molecular complexity index is 4150. The number of rotatable bonds is 11. The third-order valence-electron chi connectivity index (χ3n) is 15.1. The maximum absolute atomic E-state index is 2.53. The number of hydrogen-bond donors (Lipinski definition) is 0. The highest BCUT2D eigenvalue weighted by Crippen LogP contribution is 2.76. The van der Waals surface area contributed by atoms with E-state index in [0.717, 1.165) is 16.9 Å². The minimum atomic E-state index is -2.10. The lowest BCUT2D eigenvalue weighted by Gasteiger charge is -2.42. The number of para-hydroxylation sites is 1. The molecule has 0 aliphatic heterocycles. The van der Waals surface area contributed by atoms with Crippen molar-refractivity contribution in [3.05, 3.63) is 315 Å². The van der Waals surface area contributed by atoms with Crippen molar-refractivity contribution in [2.45, 2.75) is 39.2 Å². The molecule has 76 heavy (non-hydrogen) atoms. The molecule has 362 valence electrons. The number of benzene rings is 12. The summed E-state index contributed by atoms with van der Waals surface area (Å²) in [5.41, 5.74) is 9.30. The van der Waals surface area contributed by atoms with Crippen LogP contribution in [0.2, 0.25) is 0 Å². The Kier molecular flexibility index (Phi) is 11.4. The summed E-state index contributed by atoms with van der Waals surface area (Å²) in [5, 5.41) is 4.91. The van der Waals surface area contributed by atoms with Gasteiger partial charge in [-0.05, 0) is 145 Å². The summed E-state index contributed by atoms with van der Waals surface area (Å²) in [5.74, 6) is 0. The average Bonchev–Trinajstić information content (AvgIpc) is 4.14. The lowest BCUT2D eigenvalue weighted by molar-refractivity contribution is 1.16. The Morgan fingerprint density at radius 3 is 1.13 bits per heavy atom. The molecule has 0 saturated heterocycles. The van der Waals surface area contributed by atoms with Crippen molar-refractivity contribution >= 4 is 63.7 Å². The molecule has 14 rings (SSSR count). The van der Waals surface area contributed by atoms with E-state index in [-0.39, 0.29) is 0 Å². The molecule has 0 spiro atoms. The van der Waals surface area contributed by atoms with Crippen LogP contribution in [0.5, 0.6) is 0 Å². The number of nitrogens with zero attached hydrogens (tertiary/aromatic N) is 2. The van der Waals surface area contributed by atoms with Crippen LogP contribution in [0.4, 0.5) is 0 Å². The van der Waals surface area contributed by atoms with Gasteiger partial charge >= 0.3 is 0 Å². The smallest absolute Gasteiger partial charge is 0.0552 e. The second-order valence-electron chi connectivity index (χ2n) is 19.2. The molecule has 0 atom stereocenters. The van der Waals surface area contributed by atoms with E-state index in [0.29, 0.717) is 0 Å². The topological polar surface area (TPSA) is 9.86 Å². The van der Waals surface area contributed by atoms with E-state index in [1.165, 1.54) is 88.4 Å². The van der Waals surface area contributed by atoms with Gasteiger partial charge in [-0.1, -0.05) is 182 Å². The Morgan fingerprint density at radius 2 is 0.605 bits per heavy atom. The zero-order valence-electron chi connectivity index (χ0n) is 41.7. The molecule has 0 saturated carbocycles. The second-order valence-corrected chi connectivity index (χ2v) is 25.4. The third kappa shape index (κ3) is 7.21. The van der Waals surface area contributed by atoms with Gasteiger partial charge in [-0.15, -0.1) is 20.1 Å². The molecular formula is C72H52N2S2. The SMILES string of the molecule is c1ccc(-c2ccc(-n3c4ccc(-n5c6ccccc6c6ccc(S(c7ccccc7)(c7ccccc7)c7ccccc7)cc65)cc4c4c(S(c5ccccc5)(c5ccccc5)c5ccccc5)cccc43)cc2)cc1. The number of hydrogen-bond acceptors (Lipinski definition) is 0. The van der Waals surface area contributed by atoms with E-state index in [9.17, 15) is 0 Å². The van der Waals surface area contributed by atoms with Crippen LogP contribution in [0.1, 0.15) is 0 Å². The normalized spacial score (nSPS) is 12.4. The summed E-state index contributed by atoms with van der Waals surface area (Å²) in [6.07, 6.45) is 0. The van der Waals surface area contributed by atoms with Crippen molar-refractivity contribution in [3.63, 3.8) is 0 Å². The molecule has 0 amide bonds. The maximum Gasteiger partial charge on any atom is 0.0552 e. The first-order valence-corrected chi connectivity index (χ1v) is 29.2. The van der Waals surface area contributed by atoms with Crippen molar-refractivity contribution in [1.82, 2.24) is 9.13 Å². The molecule has 0 unspecified atom stereocenters. The minimum Gasteiger partial charge on any atom is -0.309 e. The molecule has 0 aliphatic carbocycles. The van der Waals surface area contributed by atoms with Crippen LogP contribution in [-0.2, 0) is 0 Å². The van der Waals surface area contributed by atoms with Crippen LogP contribution in [0, 0.1) is 0 Å². The van der Waals surface area contributed by atoms with Gasteiger partial charge in [0.25, 0.3) is 0 Å². The highest BCUT2D eigenvalue weighted by Gasteiger charge is 2.37. The zero-order chi connectivity index (χ0) is 50.5. The van der Waals surface area contributed by atoms with Gasteiger partial charge < -0.3 is 9.13 Å². The molecule has 0 radical (unpaired) electrons. The lowest BCUT2D eigenvalue weighted by atomic mass is 10.1. The van der Waals surface area contributed by atoms with Crippen molar-refractivity contribution in [1.29, 1.82) is 0 Å². The first-order chi connectivity index (χ1) is 37.7. The molecule has 0 N–H and O–H groups in total. The molecule has 12 aromatic carbocycles. The molecule has 2 aromatic heterocycles. The predicted molar refractivity (Wildman–Crippen MR) is 321 cm³/mol. The quantitative estimate of drug-likeness (QED) is 0.122. The van der Waals surface area contributed by atoms with Crippen molar-refractivity contribution in [2.24, 2.45) is 0 Å². The number of aromatic nitrogens is 2. The van der Waals surface area contributed by atoms with Gasteiger partial charge in [-0.25, -0.2) is 0 Å². The van der Waals surface area contributed by atoms with E-state index in [1.54, 1.807) is 0 Å². The third-order valence-corrected chi connectivity index (χ3v) is 23.0. The highest BCUT2D eigenvalue weighted by atomic mass is 32.3. The standard InChI is InChI=1S/C72H52N2S2/c1-8-25-53(26-9-1)54-43-45-55(46-44-54)73-68-50-47-56(51-66(68)72-69(73)41-24-42-71(72)76(60-33-16-5-17-34-60,61-35-18-6-19-36-61)62-37-20-7-21-38-62)74-67-40-23-22-39-64(67)65-49-48-63(52-70(65)74)75(57-27-10-2-11-28-57,58-29-12-3-13-30-58)59-31-14-4-15-32-59/h1-52H. The predicted octanol–water partition coefficient (Wildman–Crippen LogP) is 20.2. The van der Waals surface area contributed by atoms with Gasteiger partial charge in [0.05, 0.1) is 22.1 Å². The maximum atomic E-state index is 2.53. The Balaban J connectivity index is 1.09.